The number of rotatable bonds is 17. The first-order valence-electron chi connectivity index (χ1n) is 14.4. The van der Waals surface area contributed by atoms with E-state index < -0.39 is 0 Å². The van der Waals surface area contributed by atoms with Crippen LogP contribution >= 0.6 is 0 Å². The van der Waals surface area contributed by atoms with Crippen LogP contribution in [0.4, 0.5) is 0 Å². The van der Waals surface area contributed by atoms with Crippen LogP contribution in [0.2, 0.25) is 0 Å². The van der Waals surface area contributed by atoms with E-state index in [9.17, 15) is 19.2 Å². The van der Waals surface area contributed by atoms with Crippen LogP contribution in [0.1, 0.15) is 47.2 Å². The Bertz CT molecular complexity index is 1160. The Kier molecular flexibility index (Phi) is 14.3. The molecule has 1 aliphatic rings. The van der Waals surface area contributed by atoms with Crippen molar-refractivity contribution in [3.05, 3.63) is 65.2 Å². The van der Waals surface area contributed by atoms with Gasteiger partial charge in [0, 0.05) is 51.2 Å². The average molecular weight is 583 g/mol. The molecule has 1 aliphatic carbocycles. The zero-order valence-electron chi connectivity index (χ0n) is 24.2. The lowest BCUT2D eigenvalue weighted by atomic mass is 10.0. The van der Waals surface area contributed by atoms with E-state index in [1.165, 1.54) is 18.2 Å². The van der Waals surface area contributed by atoms with Gasteiger partial charge in [-0.15, -0.1) is 0 Å². The van der Waals surface area contributed by atoms with Crippen molar-refractivity contribution in [2.45, 2.75) is 44.6 Å². The summed E-state index contributed by atoms with van der Waals surface area (Å²) in [6.45, 7) is 1.84. The van der Waals surface area contributed by atoms with Crippen LogP contribution in [-0.4, -0.2) is 82.8 Å². The first kappa shape index (κ1) is 32.6. The van der Waals surface area contributed by atoms with Crippen molar-refractivity contribution in [2.75, 3.05) is 53.2 Å². The van der Waals surface area contributed by atoms with Crippen molar-refractivity contribution < 1.29 is 33.4 Å². The third kappa shape index (κ3) is 12.3. The minimum absolute atomic E-state index is 0.0306. The maximum atomic E-state index is 12.8. The van der Waals surface area contributed by atoms with E-state index in [-0.39, 0.29) is 55.7 Å². The number of fused-ring (bicyclic) bond motifs is 1. The number of amides is 4. The summed E-state index contributed by atoms with van der Waals surface area (Å²) in [5.41, 5.74) is 3.28. The van der Waals surface area contributed by atoms with Crippen molar-refractivity contribution in [1.82, 2.24) is 21.3 Å². The molecule has 1 atom stereocenters. The topological polar surface area (TPSA) is 144 Å². The molecule has 2 aromatic carbocycles. The standard InChI is InChI=1S/C31H42N4O7/c1-40-22-30(38)33-16-15-32-28(36)13-14-29(37)34-17-18-41-19-20-42-27-11-9-24(10-12-27)31(39)35-26-8-4-7-23-5-2-3-6-25(23)21-26/h2-3,5-6,9-12,26H,4,7-8,13-22H2,1H3,(H,32,36)(H,33,38)(H,34,37)(H,35,39). The Morgan fingerprint density at radius 2 is 1.45 bits per heavy atom. The van der Waals surface area contributed by atoms with E-state index in [2.05, 4.69) is 45.5 Å². The van der Waals surface area contributed by atoms with Crippen LogP contribution in [0.3, 0.4) is 0 Å². The van der Waals surface area contributed by atoms with Crippen LogP contribution < -0.4 is 26.0 Å². The van der Waals surface area contributed by atoms with Gasteiger partial charge in [0.25, 0.3) is 5.91 Å². The van der Waals surface area contributed by atoms with Gasteiger partial charge in [0.1, 0.15) is 19.0 Å². The number of ether oxygens (including phenoxy) is 3. The molecular formula is C31H42N4O7. The molecule has 0 heterocycles. The Morgan fingerprint density at radius 3 is 2.17 bits per heavy atom. The Hall–Kier alpha value is -3.96. The second-order valence-electron chi connectivity index (χ2n) is 10.0. The minimum atomic E-state index is -0.265. The molecule has 0 spiro atoms. The fourth-order valence-corrected chi connectivity index (χ4v) is 4.57. The second-order valence-corrected chi connectivity index (χ2v) is 10.0. The molecule has 0 radical (unpaired) electrons. The molecule has 4 N–H and O–H groups in total. The predicted octanol–water partition coefficient (Wildman–Crippen LogP) is 1.53. The van der Waals surface area contributed by atoms with Crippen molar-refractivity contribution in [2.24, 2.45) is 0 Å². The summed E-state index contributed by atoms with van der Waals surface area (Å²) in [7, 11) is 1.43. The predicted molar refractivity (Wildman–Crippen MR) is 157 cm³/mol. The van der Waals surface area contributed by atoms with E-state index in [0.29, 0.717) is 44.2 Å². The highest BCUT2D eigenvalue weighted by Gasteiger charge is 2.19. The van der Waals surface area contributed by atoms with Crippen LogP contribution in [0.5, 0.6) is 5.75 Å². The molecule has 0 saturated carbocycles. The van der Waals surface area contributed by atoms with E-state index in [1.54, 1.807) is 24.3 Å². The van der Waals surface area contributed by atoms with Gasteiger partial charge in [-0.3, -0.25) is 19.2 Å². The molecular weight excluding hydrogens is 540 g/mol. The number of carbonyl (C=O) groups is 4. The highest BCUT2D eigenvalue weighted by Crippen LogP contribution is 2.21. The molecule has 11 nitrogen and oxygen atoms in total. The largest absolute Gasteiger partial charge is 0.491 e. The summed E-state index contributed by atoms with van der Waals surface area (Å²) in [6, 6.07) is 15.6. The van der Waals surface area contributed by atoms with Crippen molar-refractivity contribution >= 4 is 23.6 Å². The van der Waals surface area contributed by atoms with Crippen LogP contribution in [0.25, 0.3) is 0 Å². The summed E-state index contributed by atoms with van der Waals surface area (Å²) in [6.07, 6.45) is 4.04. The molecule has 0 saturated heterocycles. The number of nitrogens with one attached hydrogen (secondary N) is 4. The molecule has 0 aromatic heterocycles. The number of carbonyl (C=O) groups excluding carboxylic acids is 4. The lowest BCUT2D eigenvalue weighted by molar-refractivity contribution is -0.126. The summed E-state index contributed by atoms with van der Waals surface area (Å²) in [4.78, 5) is 47.7. The SMILES string of the molecule is COCC(=O)NCCNC(=O)CCC(=O)NCCOCCOc1ccc(C(=O)NC2CCCc3ccccc3C2)cc1. The molecule has 0 bridgehead atoms. The molecule has 42 heavy (non-hydrogen) atoms. The first-order chi connectivity index (χ1) is 20.4. The lowest BCUT2D eigenvalue weighted by Crippen LogP contribution is -2.36. The van der Waals surface area contributed by atoms with Crippen LogP contribution in [-0.2, 0) is 36.7 Å². The number of aryl methyl sites for hydroxylation is 1. The third-order valence-electron chi connectivity index (χ3n) is 6.72. The quantitative estimate of drug-likeness (QED) is 0.164. The van der Waals surface area contributed by atoms with Crippen molar-refractivity contribution in [3.8, 4) is 5.75 Å². The number of benzene rings is 2. The molecule has 2 aromatic rings. The second kappa shape index (κ2) is 18.5. The average Bonchev–Trinajstić information content (AvgIpc) is 3.20. The highest BCUT2D eigenvalue weighted by atomic mass is 16.5. The number of methoxy groups -OCH3 is 1. The highest BCUT2D eigenvalue weighted by molar-refractivity contribution is 5.94. The van der Waals surface area contributed by atoms with Gasteiger partial charge in [-0.1, -0.05) is 24.3 Å². The lowest BCUT2D eigenvalue weighted by Gasteiger charge is -2.17. The normalized spacial score (nSPS) is 14.2. The van der Waals surface area contributed by atoms with Gasteiger partial charge < -0.3 is 35.5 Å². The van der Waals surface area contributed by atoms with E-state index in [0.717, 1.165) is 25.7 Å². The zero-order chi connectivity index (χ0) is 30.0. The Labute approximate surface area is 247 Å². The maximum Gasteiger partial charge on any atom is 0.251 e. The molecule has 0 fully saturated rings. The number of hydrogen-bond donors (Lipinski definition) is 4. The van der Waals surface area contributed by atoms with Crippen molar-refractivity contribution in [3.63, 3.8) is 0 Å². The molecule has 4 amide bonds. The fourth-order valence-electron chi connectivity index (χ4n) is 4.57. The van der Waals surface area contributed by atoms with Gasteiger partial charge in [0.05, 0.1) is 13.2 Å². The maximum absolute atomic E-state index is 12.8. The monoisotopic (exact) mass is 582 g/mol. The van der Waals surface area contributed by atoms with Gasteiger partial charge >= 0.3 is 0 Å². The van der Waals surface area contributed by atoms with Gasteiger partial charge in [0.15, 0.2) is 0 Å². The zero-order valence-corrected chi connectivity index (χ0v) is 24.2. The summed E-state index contributed by atoms with van der Waals surface area (Å²) >= 11 is 0. The smallest absolute Gasteiger partial charge is 0.251 e. The molecule has 228 valence electrons. The van der Waals surface area contributed by atoms with Gasteiger partial charge in [0.2, 0.25) is 17.7 Å². The minimum Gasteiger partial charge on any atom is -0.491 e. The third-order valence-corrected chi connectivity index (χ3v) is 6.72. The first-order valence-corrected chi connectivity index (χ1v) is 14.4. The van der Waals surface area contributed by atoms with Crippen molar-refractivity contribution in [1.29, 1.82) is 0 Å². The Balaban J connectivity index is 1.20. The van der Waals surface area contributed by atoms with Crippen LogP contribution in [0.15, 0.2) is 48.5 Å². The van der Waals surface area contributed by atoms with Crippen LogP contribution in [0, 0.1) is 0 Å². The van der Waals surface area contributed by atoms with E-state index >= 15 is 0 Å². The molecule has 3 rings (SSSR count). The van der Waals surface area contributed by atoms with E-state index in [4.69, 9.17) is 14.2 Å². The summed E-state index contributed by atoms with van der Waals surface area (Å²) < 4.78 is 15.9. The summed E-state index contributed by atoms with van der Waals surface area (Å²) in [5, 5.41) is 11.1. The van der Waals surface area contributed by atoms with Gasteiger partial charge in [-0.05, 0) is 61.1 Å². The molecule has 0 aliphatic heterocycles. The molecule has 11 heteroatoms. The fraction of sp³-hybridized carbons (Fsp3) is 0.484. The summed E-state index contributed by atoms with van der Waals surface area (Å²) in [5.74, 6) is -0.208. The van der Waals surface area contributed by atoms with Gasteiger partial charge in [-0.25, -0.2) is 0 Å². The van der Waals surface area contributed by atoms with E-state index in [1.807, 2.05) is 0 Å². The van der Waals surface area contributed by atoms with Gasteiger partial charge in [-0.2, -0.15) is 0 Å². The Morgan fingerprint density at radius 1 is 0.786 bits per heavy atom. The molecule has 1 unspecified atom stereocenters. The number of hydrogen-bond acceptors (Lipinski definition) is 7.